The van der Waals surface area contributed by atoms with E-state index in [1.165, 1.54) is 6.42 Å². The van der Waals surface area contributed by atoms with Crippen LogP contribution in [0, 0.1) is 0 Å². The van der Waals surface area contributed by atoms with Crippen molar-refractivity contribution in [2.24, 2.45) is 0 Å². The lowest BCUT2D eigenvalue weighted by Gasteiger charge is -2.13. The fourth-order valence-electron chi connectivity index (χ4n) is 2.06. The number of hydrogen-bond acceptors (Lipinski definition) is 3. The fraction of sp³-hybridized carbons (Fsp3) is 0.588. The van der Waals surface area contributed by atoms with E-state index in [4.69, 9.17) is 10.5 Å². The van der Waals surface area contributed by atoms with E-state index in [-0.39, 0.29) is 12.0 Å². The maximum atomic E-state index is 11.7. The summed E-state index contributed by atoms with van der Waals surface area (Å²) in [4.78, 5) is 11.7. The summed E-state index contributed by atoms with van der Waals surface area (Å²) in [5.41, 5.74) is 7.66. The number of anilines is 1. The second kappa shape index (κ2) is 9.27. The second-order valence-electron chi connectivity index (χ2n) is 5.60. The third-order valence-corrected chi connectivity index (χ3v) is 3.18. The van der Waals surface area contributed by atoms with Gasteiger partial charge in [0.25, 0.3) is 0 Å². The highest BCUT2D eigenvalue weighted by Gasteiger charge is 2.06. The van der Waals surface area contributed by atoms with Gasteiger partial charge in [-0.1, -0.05) is 25.8 Å². The molecule has 4 heteroatoms. The molecule has 1 aromatic carbocycles. The van der Waals surface area contributed by atoms with Crippen LogP contribution in [0.25, 0.3) is 0 Å². The average molecular weight is 292 g/mol. The van der Waals surface area contributed by atoms with Crippen LogP contribution in [0.5, 0.6) is 5.75 Å². The van der Waals surface area contributed by atoms with Crippen molar-refractivity contribution < 1.29 is 9.53 Å². The molecule has 1 rings (SSSR count). The van der Waals surface area contributed by atoms with E-state index < -0.39 is 0 Å². The smallest absolute Gasteiger partial charge is 0.220 e. The molecule has 0 bridgehead atoms. The van der Waals surface area contributed by atoms with Crippen LogP contribution < -0.4 is 15.8 Å². The Morgan fingerprint density at radius 1 is 1.33 bits per heavy atom. The summed E-state index contributed by atoms with van der Waals surface area (Å²) in [7, 11) is 0. The molecule has 0 aliphatic rings. The molecule has 0 aromatic heterocycles. The van der Waals surface area contributed by atoms with Crippen molar-refractivity contribution in [3.63, 3.8) is 0 Å². The molecule has 0 saturated heterocycles. The highest BCUT2D eigenvalue weighted by molar-refractivity contribution is 5.76. The van der Waals surface area contributed by atoms with Gasteiger partial charge < -0.3 is 15.8 Å². The number of hydrogen-bond donors (Lipinski definition) is 2. The molecule has 0 atom stereocenters. The van der Waals surface area contributed by atoms with E-state index in [1.807, 2.05) is 32.0 Å². The zero-order chi connectivity index (χ0) is 15.7. The number of benzene rings is 1. The van der Waals surface area contributed by atoms with Crippen molar-refractivity contribution in [2.75, 3.05) is 12.3 Å². The van der Waals surface area contributed by atoms with Crippen LogP contribution >= 0.6 is 0 Å². The molecule has 1 aromatic rings. The number of nitrogens with one attached hydrogen (secondary N) is 1. The minimum atomic E-state index is 0.104. The predicted octanol–water partition coefficient (Wildman–Crippen LogP) is 3.30. The molecule has 0 aliphatic heterocycles. The summed E-state index contributed by atoms with van der Waals surface area (Å²) >= 11 is 0. The normalized spacial score (nSPS) is 10.7. The van der Waals surface area contributed by atoms with E-state index in [0.717, 1.165) is 24.9 Å². The van der Waals surface area contributed by atoms with Crippen molar-refractivity contribution in [2.45, 2.75) is 59.0 Å². The van der Waals surface area contributed by atoms with Crippen molar-refractivity contribution in [3.8, 4) is 5.75 Å². The maximum absolute atomic E-state index is 11.7. The molecule has 0 spiro atoms. The zero-order valence-corrected chi connectivity index (χ0v) is 13.4. The molecule has 3 N–H and O–H groups in total. The summed E-state index contributed by atoms with van der Waals surface area (Å²) in [5.74, 6) is 0.810. The van der Waals surface area contributed by atoms with E-state index in [9.17, 15) is 4.79 Å². The number of rotatable bonds is 9. The standard InChI is InChI=1S/C17H28N2O2/c1-4-5-6-11-19-17(20)10-8-14-7-9-16(15(18)12-14)21-13(2)3/h7,9,12-13H,4-6,8,10-11,18H2,1-3H3,(H,19,20). The van der Waals surface area contributed by atoms with Crippen molar-refractivity contribution in [1.82, 2.24) is 5.32 Å². The molecule has 0 aliphatic carbocycles. The molecule has 0 saturated carbocycles. The first-order chi connectivity index (χ1) is 10.0. The average Bonchev–Trinajstić information content (AvgIpc) is 2.43. The van der Waals surface area contributed by atoms with Crippen LogP contribution in [0.15, 0.2) is 18.2 Å². The minimum absolute atomic E-state index is 0.104. The lowest BCUT2D eigenvalue weighted by Crippen LogP contribution is -2.24. The van der Waals surface area contributed by atoms with Gasteiger partial charge in [-0.15, -0.1) is 0 Å². The third kappa shape index (κ3) is 7.02. The summed E-state index contributed by atoms with van der Waals surface area (Å²) in [6, 6.07) is 5.74. The van der Waals surface area contributed by atoms with Crippen molar-refractivity contribution in [1.29, 1.82) is 0 Å². The first-order valence-corrected chi connectivity index (χ1v) is 7.84. The van der Waals surface area contributed by atoms with Gasteiger partial charge in [-0.25, -0.2) is 0 Å². The molecule has 1 amide bonds. The number of unbranched alkanes of at least 4 members (excludes halogenated alkanes) is 2. The van der Waals surface area contributed by atoms with Crippen LogP contribution in [-0.4, -0.2) is 18.6 Å². The highest BCUT2D eigenvalue weighted by atomic mass is 16.5. The Hall–Kier alpha value is -1.71. The summed E-state index contributed by atoms with van der Waals surface area (Å²) in [6.07, 6.45) is 4.68. The largest absolute Gasteiger partial charge is 0.489 e. The number of carbonyl (C=O) groups excluding carboxylic acids is 1. The van der Waals surface area contributed by atoms with Crippen LogP contribution in [-0.2, 0) is 11.2 Å². The molecule has 118 valence electrons. The molecular weight excluding hydrogens is 264 g/mol. The van der Waals surface area contributed by atoms with Crippen molar-refractivity contribution >= 4 is 11.6 Å². The van der Waals surface area contributed by atoms with Crippen LogP contribution in [0.3, 0.4) is 0 Å². The Morgan fingerprint density at radius 2 is 2.10 bits per heavy atom. The molecule has 21 heavy (non-hydrogen) atoms. The zero-order valence-electron chi connectivity index (χ0n) is 13.4. The summed E-state index contributed by atoms with van der Waals surface area (Å²) in [5, 5.41) is 2.94. The fourth-order valence-corrected chi connectivity index (χ4v) is 2.06. The maximum Gasteiger partial charge on any atom is 0.220 e. The van der Waals surface area contributed by atoms with E-state index in [1.54, 1.807) is 0 Å². The minimum Gasteiger partial charge on any atom is -0.489 e. The topological polar surface area (TPSA) is 64.3 Å². The predicted molar refractivity (Wildman–Crippen MR) is 87.5 cm³/mol. The molecule has 0 unspecified atom stereocenters. The van der Waals surface area contributed by atoms with Gasteiger partial charge in [0.15, 0.2) is 0 Å². The van der Waals surface area contributed by atoms with Gasteiger partial charge >= 0.3 is 0 Å². The van der Waals surface area contributed by atoms with Crippen LogP contribution in [0.2, 0.25) is 0 Å². The number of ether oxygens (including phenoxy) is 1. The van der Waals surface area contributed by atoms with Gasteiger partial charge in [0.05, 0.1) is 11.8 Å². The Kier molecular flexibility index (Phi) is 7.65. The lowest BCUT2D eigenvalue weighted by molar-refractivity contribution is -0.121. The Balaban J connectivity index is 2.38. The van der Waals surface area contributed by atoms with Gasteiger partial charge in [0.2, 0.25) is 5.91 Å². The SMILES string of the molecule is CCCCCNC(=O)CCc1ccc(OC(C)C)c(N)c1. The van der Waals surface area contributed by atoms with Gasteiger partial charge in [-0.2, -0.15) is 0 Å². The third-order valence-electron chi connectivity index (χ3n) is 3.18. The number of aryl methyl sites for hydroxylation is 1. The van der Waals surface area contributed by atoms with Gasteiger partial charge in [0.1, 0.15) is 5.75 Å². The van der Waals surface area contributed by atoms with Crippen molar-refractivity contribution in [3.05, 3.63) is 23.8 Å². The monoisotopic (exact) mass is 292 g/mol. The first-order valence-electron chi connectivity index (χ1n) is 7.84. The van der Waals surface area contributed by atoms with E-state index >= 15 is 0 Å². The molecule has 0 radical (unpaired) electrons. The molecule has 0 heterocycles. The Bertz CT molecular complexity index is 444. The first kappa shape index (κ1) is 17.3. The van der Waals surface area contributed by atoms with Gasteiger partial charge in [-0.3, -0.25) is 4.79 Å². The molecule has 0 fully saturated rings. The second-order valence-corrected chi connectivity index (χ2v) is 5.60. The van der Waals surface area contributed by atoms with Crippen LogP contribution in [0.1, 0.15) is 52.0 Å². The quantitative estimate of drug-likeness (QED) is 0.542. The Morgan fingerprint density at radius 3 is 2.71 bits per heavy atom. The number of nitrogen functional groups attached to an aromatic ring is 1. The number of amides is 1. The number of carbonyl (C=O) groups is 1. The Labute approximate surface area is 128 Å². The van der Waals surface area contributed by atoms with Gasteiger partial charge in [-0.05, 0) is 44.4 Å². The lowest BCUT2D eigenvalue weighted by atomic mass is 10.1. The summed E-state index contributed by atoms with van der Waals surface area (Å²) in [6.45, 7) is 6.86. The van der Waals surface area contributed by atoms with Gasteiger partial charge in [0, 0.05) is 13.0 Å². The number of nitrogens with two attached hydrogens (primary N) is 1. The highest BCUT2D eigenvalue weighted by Crippen LogP contribution is 2.24. The van der Waals surface area contributed by atoms with Crippen LogP contribution in [0.4, 0.5) is 5.69 Å². The summed E-state index contributed by atoms with van der Waals surface area (Å²) < 4.78 is 5.60. The molecule has 4 nitrogen and oxygen atoms in total. The van der Waals surface area contributed by atoms with E-state index in [0.29, 0.717) is 24.3 Å². The molecular formula is C17H28N2O2. The van der Waals surface area contributed by atoms with E-state index in [2.05, 4.69) is 12.2 Å².